The van der Waals surface area contributed by atoms with E-state index < -0.39 is 45.0 Å². The minimum absolute atomic E-state index is 0.0597. The Bertz CT molecular complexity index is 1260. The normalized spacial score (nSPS) is 18.4. The summed E-state index contributed by atoms with van der Waals surface area (Å²) in [7, 11) is -0.542. The highest BCUT2D eigenvalue weighted by atomic mass is 32.2. The lowest BCUT2D eigenvalue weighted by Gasteiger charge is -2.26. The molecule has 1 aromatic carbocycles. The van der Waals surface area contributed by atoms with Crippen molar-refractivity contribution in [1.82, 2.24) is 10.3 Å². The number of halogens is 2. The van der Waals surface area contributed by atoms with Gasteiger partial charge in [-0.05, 0) is 44.2 Å². The molecule has 216 valence electrons. The second kappa shape index (κ2) is 12.4. The lowest BCUT2D eigenvalue weighted by atomic mass is 10.1. The number of aliphatic hydroxyl groups is 1. The van der Waals surface area contributed by atoms with E-state index in [1.54, 1.807) is 13.8 Å². The van der Waals surface area contributed by atoms with E-state index in [9.17, 15) is 27.1 Å². The monoisotopic (exact) mass is 569 g/mol. The van der Waals surface area contributed by atoms with Crippen LogP contribution in [0.15, 0.2) is 30.3 Å². The van der Waals surface area contributed by atoms with Crippen LogP contribution in [0.1, 0.15) is 37.6 Å². The van der Waals surface area contributed by atoms with E-state index in [-0.39, 0.29) is 30.3 Å². The maximum absolute atomic E-state index is 13.5. The highest BCUT2D eigenvalue weighted by molar-refractivity contribution is 7.93. The quantitative estimate of drug-likeness (QED) is 0.334. The molecule has 1 aromatic heterocycles. The molecule has 1 amide bonds. The average Bonchev–Trinajstić information content (AvgIpc) is 3.58. The number of hydrogen-bond acceptors (Lipinski definition) is 8. The molecular formula is C26H37F2N5O5S. The summed E-state index contributed by atoms with van der Waals surface area (Å²) in [5.41, 5.74) is 5.70. The van der Waals surface area contributed by atoms with Crippen LogP contribution in [0, 0.1) is 23.5 Å². The Morgan fingerprint density at radius 1 is 1.18 bits per heavy atom. The number of anilines is 2. The zero-order chi connectivity index (χ0) is 29.1. The number of aliphatic hydroxyl groups excluding tert-OH is 1. The summed E-state index contributed by atoms with van der Waals surface area (Å²) in [5.74, 6) is -0.930. The molecule has 0 spiro atoms. The van der Waals surface area contributed by atoms with Crippen molar-refractivity contribution >= 4 is 27.6 Å². The number of sulfonamides is 1. The Labute approximate surface area is 228 Å². The summed E-state index contributed by atoms with van der Waals surface area (Å²) >= 11 is 0. The van der Waals surface area contributed by atoms with E-state index in [1.165, 1.54) is 19.2 Å². The Balaban J connectivity index is 1.89. The molecule has 2 aromatic rings. The van der Waals surface area contributed by atoms with Crippen LogP contribution in [0.25, 0.3) is 0 Å². The van der Waals surface area contributed by atoms with Gasteiger partial charge in [0.2, 0.25) is 10.0 Å². The molecule has 0 aliphatic heterocycles. The molecule has 13 heteroatoms. The van der Waals surface area contributed by atoms with Crippen molar-refractivity contribution in [3.8, 4) is 5.75 Å². The summed E-state index contributed by atoms with van der Waals surface area (Å²) < 4.78 is 59.2. The summed E-state index contributed by atoms with van der Waals surface area (Å²) in [5, 5.41) is 12.3. The van der Waals surface area contributed by atoms with Gasteiger partial charge in [0.15, 0.2) is 0 Å². The van der Waals surface area contributed by atoms with Crippen molar-refractivity contribution in [2.45, 2.75) is 44.6 Å². The molecule has 4 N–H and O–H groups in total. The largest absolute Gasteiger partial charge is 0.491 e. The Hall–Kier alpha value is -3.03. The molecule has 1 heterocycles. The van der Waals surface area contributed by atoms with Crippen LogP contribution in [-0.2, 0) is 10.0 Å². The smallest absolute Gasteiger partial charge is 0.251 e. The van der Waals surface area contributed by atoms with Crippen LogP contribution in [0.5, 0.6) is 5.75 Å². The zero-order valence-corrected chi connectivity index (χ0v) is 23.6. The highest BCUT2D eigenvalue weighted by Crippen LogP contribution is 2.38. The van der Waals surface area contributed by atoms with Gasteiger partial charge in [-0.1, -0.05) is 6.92 Å². The molecule has 1 fully saturated rings. The summed E-state index contributed by atoms with van der Waals surface area (Å²) in [4.78, 5) is 19.8. The van der Waals surface area contributed by atoms with Crippen molar-refractivity contribution in [1.29, 1.82) is 0 Å². The number of hydrogen-bond donors (Lipinski definition) is 3. The van der Waals surface area contributed by atoms with Gasteiger partial charge in [-0.15, -0.1) is 0 Å². The maximum atomic E-state index is 13.5. The number of rotatable bonds is 13. The van der Waals surface area contributed by atoms with Gasteiger partial charge < -0.3 is 25.8 Å². The first-order chi connectivity index (χ1) is 18.2. The summed E-state index contributed by atoms with van der Waals surface area (Å²) in [6, 6.07) is 4.48. The van der Waals surface area contributed by atoms with E-state index in [0.29, 0.717) is 30.3 Å². The summed E-state index contributed by atoms with van der Waals surface area (Å²) in [6.45, 7) is 5.37. The van der Waals surface area contributed by atoms with Gasteiger partial charge in [0, 0.05) is 50.9 Å². The number of aromatic nitrogens is 1. The molecule has 4 atom stereocenters. The molecule has 1 aliphatic rings. The fourth-order valence-corrected chi connectivity index (χ4v) is 4.98. The third-order valence-electron chi connectivity index (χ3n) is 6.82. The molecular weight excluding hydrogens is 532 g/mol. The second-order valence-corrected chi connectivity index (χ2v) is 12.8. The molecule has 0 saturated heterocycles. The zero-order valence-electron chi connectivity index (χ0n) is 22.8. The molecule has 1 saturated carbocycles. The minimum Gasteiger partial charge on any atom is -0.491 e. The Morgan fingerprint density at radius 2 is 1.77 bits per heavy atom. The highest BCUT2D eigenvalue weighted by Gasteiger charge is 2.34. The van der Waals surface area contributed by atoms with Gasteiger partial charge in [0.1, 0.15) is 35.6 Å². The molecule has 10 nitrogen and oxygen atoms in total. The number of benzene rings is 1. The van der Waals surface area contributed by atoms with Crippen LogP contribution in [0.3, 0.4) is 0 Å². The van der Waals surface area contributed by atoms with Gasteiger partial charge in [-0.3, -0.25) is 9.10 Å². The molecule has 0 unspecified atom stereocenters. The third kappa shape index (κ3) is 7.76. The van der Waals surface area contributed by atoms with Crippen LogP contribution in [0.2, 0.25) is 0 Å². The van der Waals surface area contributed by atoms with Gasteiger partial charge in [0.25, 0.3) is 5.91 Å². The number of nitrogens with one attached hydrogen (secondary N) is 1. The van der Waals surface area contributed by atoms with E-state index in [0.717, 1.165) is 22.9 Å². The number of ether oxygens (including phenoxy) is 1. The molecule has 1 aliphatic carbocycles. The van der Waals surface area contributed by atoms with Gasteiger partial charge >= 0.3 is 0 Å². The standard InChI is InChI=1S/C26H37F2N5O5S/c1-15(2)39(36,37)33(5)25-8-17(7-24(31-25)32(4)13-18-6-16(18)3)26(35)30-22(23(34)12-29)14-38-21-10-19(27)9-20(28)11-21/h7-11,15-16,18,22-23,34H,6,12-14,29H2,1-5H3,(H,30,35)/t16-,18+,22-,23+/m0/s1. The van der Waals surface area contributed by atoms with Crippen molar-refractivity contribution in [2.24, 2.45) is 17.6 Å². The Morgan fingerprint density at radius 3 is 2.31 bits per heavy atom. The number of nitrogens with two attached hydrogens (primary N) is 1. The first kappa shape index (κ1) is 30.5. The molecule has 0 radical (unpaired) electrons. The summed E-state index contributed by atoms with van der Waals surface area (Å²) in [6.07, 6.45) is -0.163. The van der Waals surface area contributed by atoms with Crippen molar-refractivity contribution < 1.29 is 31.8 Å². The minimum atomic E-state index is -3.74. The predicted octanol–water partition coefficient (Wildman–Crippen LogP) is 2.12. The van der Waals surface area contributed by atoms with Gasteiger partial charge in [0.05, 0.1) is 17.4 Å². The average molecular weight is 570 g/mol. The fraction of sp³-hybridized carbons (Fsp3) is 0.538. The number of nitrogens with zero attached hydrogens (tertiary/aromatic N) is 3. The topological polar surface area (TPSA) is 138 Å². The maximum Gasteiger partial charge on any atom is 0.251 e. The van der Waals surface area contributed by atoms with E-state index in [1.807, 2.05) is 11.9 Å². The van der Waals surface area contributed by atoms with Crippen LogP contribution in [-0.4, -0.2) is 75.6 Å². The van der Waals surface area contributed by atoms with E-state index in [2.05, 4.69) is 17.2 Å². The third-order valence-corrected chi connectivity index (χ3v) is 8.97. The number of carbonyl (C=O) groups is 1. The van der Waals surface area contributed by atoms with Crippen molar-refractivity contribution in [3.05, 3.63) is 47.5 Å². The first-order valence-electron chi connectivity index (χ1n) is 12.7. The van der Waals surface area contributed by atoms with Gasteiger partial charge in [-0.25, -0.2) is 22.2 Å². The van der Waals surface area contributed by atoms with Gasteiger partial charge in [-0.2, -0.15) is 0 Å². The predicted molar refractivity (Wildman–Crippen MR) is 145 cm³/mol. The second-order valence-electron chi connectivity index (χ2n) is 10.3. The first-order valence-corrected chi connectivity index (χ1v) is 14.2. The van der Waals surface area contributed by atoms with E-state index in [4.69, 9.17) is 10.5 Å². The number of carbonyl (C=O) groups excluding carboxylic acids is 1. The van der Waals surface area contributed by atoms with Crippen LogP contribution < -0.4 is 25.0 Å². The lowest BCUT2D eigenvalue weighted by Crippen LogP contribution is -2.50. The molecule has 3 rings (SSSR count). The fourth-order valence-electron chi connectivity index (χ4n) is 4.00. The molecule has 39 heavy (non-hydrogen) atoms. The van der Waals surface area contributed by atoms with Crippen LogP contribution >= 0.6 is 0 Å². The molecule has 0 bridgehead atoms. The SMILES string of the molecule is CC(C)S(=O)(=O)N(C)c1cc(C(=O)N[C@@H](COc2cc(F)cc(F)c2)[C@H](O)CN)cc(N(C)C[C@H]2C[C@@H]2C)n1. The van der Waals surface area contributed by atoms with Crippen molar-refractivity contribution in [2.75, 3.05) is 43.0 Å². The van der Waals surface area contributed by atoms with E-state index >= 15 is 0 Å². The van der Waals surface area contributed by atoms with Crippen molar-refractivity contribution in [3.63, 3.8) is 0 Å². The number of pyridine rings is 1. The number of amides is 1. The van der Waals surface area contributed by atoms with Crippen LogP contribution in [0.4, 0.5) is 20.4 Å². The Kier molecular flexibility index (Phi) is 9.73. The lowest BCUT2D eigenvalue weighted by molar-refractivity contribution is 0.0759.